The summed E-state index contributed by atoms with van der Waals surface area (Å²) in [5, 5.41) is 28.8. The number of aromatic nitrogens is 1. The van der Waals surface area contributed by atoms with Gasteiger partial charge in [0.2, 0.25) is 5.82 Å². The summed E-state index contributed by atoms with van der Waals surface area (Å²) in [6.45, 7) is 4.54. The SMILES string of the molecule is CC(C)CN(CCC#N)c1nc(C(=O)O)ccc1[N+](=O)[O-]. The van der Waals surface area contributed by atoms with Gasteiger partial charge in [-0.15, -0.1) is 0 Å². The maximum atomic E-state index is 11.1. The van der Waals surface area contributed by atoms with Gasteiger partial charge in [0.1, 0.15) is 0 Å². The first-order valence-electron chi connectivity index (χ1n) is 6.37. The Kier molecular flexibility index (Phi) is 5.60. The zero-order valence-corrected chi connectivity index (χ0v) is 11.8. The Morgan fingerprint density at radius 1 is 1.57 bits per heavy atom. The Morgan fingerprint density at radius 3 is 2.71 bits per heavy atom. The molecule has 0 radical (unpaired) electrons. The fourth-order valence-corrected chi connectivity index (χ4v) is 1.84. The van der Waals surface area contributed by atoms with Crippen LogP contribution in [0, 0.1) is 27.4 Å². The highest BCUT2D eigenvalue weighted by molar-refractivity contribution is 5.86. The molecule has 0 atom stereocenters. The fraction of sp³-hybridized carbons (Fsp3) is 0.462. The van der Waals surface area contributed by atoms with E-state index in [-0.39, 0.29) is 36.1 Å². The number of aromatic carboxylic acids is 1. The molecule has 21 heavy (non-hydrogen) atoms. The number of nitrogens with zero attached hydrogens (tertiary/aromatic N) is 4. The number of anilines is 1. The highest BCUT2D eigenvalue weighted by Crippen LogP contribution is 2.27. The maximum Gasteiger partial charge on any atom is 0.354 e. The molecular weight excluding hydrogens is 276 g/mol. The van der Waals surface area contributed by atoms with E-state index in [0.717, 1.165) is 12.1 Å². The van der Waals surface area contributed by atoms with Crippen molar-refractivity contribution in [2.45, 2.75) is 20.3 Å². The molecule has 0 amide bonds. The van der Waals surface area contributed by atoms with Crippen LogP contribution in [-0.4, -0.2) is 34.1 Å². The second kappa shape index (κ2) is 7.19. The Hall–Kier alpha value is -2.69. The monoisotopic (exact) mass is 292 g/mol. The van der Waals surface area contributed by atoms with Gasteiger partial charge in [-0.1, -0.05) is 13.8 Å². The molecule has 0 unspecified atom stereocenters. The fourth-order valence-electron chi connectivity index (χ4n) is 1.84. The van der Waals surface area contributed by atoms with Crippen molar-refractivity contribution in [3.8, 4) is 6.07 Å². The third-order valence-electron chi connectivity index (χ3n) is 2.65. The summed E-state index contributed by atoms with van der Waals surface area (Å²) < 4.78 is 0. The molecule has 1 aromatic heterocycles. The van der Waals surface area contributed by atoms with Crippen molar-refractivity contribution < 1.29 is 14.8 Å². The van der Waals surface area contributed by atoms with Crippen molar-refractivity contribution in [3.05, 3.63) is 27.9 Å². The normalized spacial score (nSPS) is 10.2. The van der Waals surface area contributed by atoms with E-state index in [9.17, 15) is 14.9 Å². The van der Waals surface area contributed by atoms with Crippen LogP contribution in [0.1, 0.15) is 30.8 Å². The summed E-state index contributed by atoms with van der Waals surface area (Å²) in [6.07, 6.45) is 0.169. The van der Waals surface area contributed by atoms with E-state index in [1.807, 2.05) is 19.9 Å². The lowest BCUT2D eigenvalue weighted by atomic mass is 10.2. The number of hydrogen-bond acceptors (Lipinski definition) is 6. The van der Waals surface area contributed by atoms with E-state index in [4.69, 9.17) is 10.4 Å². The number of carboxylic acids is 1. The Bertz CT molecular complexity index is 580. The van der Waals surface area contributed by atoms with Gasteiger partial charge in [-0.05, 0) is 12.0 Å². The molecule has 1 heterocycles. The van der Waals surface area contributed by atoms with Crippen molar-refractivity contribution >= 4 is 17.5 Å². The molecule has 0 aromatic carbocycles. The van der Waals surface area contributed by atoms with Crippen molar-refractivity contribution in [1.29, 1.82) is 5.26 Å². The first-order valence-corrected chi connectivity index (χ1v) is 6.37. The van der Waals surface area contributed by atoms with Crippen molar-refractivity contribution in [2.24, 2.45) is 5.92 Å². The van der Waals surface area contributed by atoms with Crippen LogP contribution in [0.4, 0.5) is 11.5 Å². The molecule has 0 spiro atoms. The van der Waals surface area contributed by atoms with Gasteiger partial charge in [0.25, 0.3) is 0 Å². The first-order chi connectivity index (χ1) is 9.86. The summed E-state index contributed by atoms with van der Waals surface area (Å²) in [7, 11) is 0. The molecule has 8 nitrogen and oxygen atoms in total. The van der Waals surface area contributed by atoms with Crippen LogP contribution in [0.25, 0.3) is 0 Å². The van der Waals surface area contributed by atoms with Crippen molar-refractivity contribution in [2.75, 3.05) is 18.0 Å². The highest BCUT2D eigenvalue weighted by atomic mass is 16.6. The number of rotatable bonds is 7. The molecule has 1 rings (SSSR count). The van der Waals surface area contributed by atoms with Gasteiger partial charge >= 0.3 is 11.7 Å². The smallest absolute Gasteiger partial charge is 0.354 e. The van der Waals surface area contributed by atoms with Gasteiger partial charge in [0.05, 0.1) is 17.4 Å². The maximum absolute atomic E-state index is 11.1. The lowest BCUT2D eigenvalue weighted by Gasteiger charge is -2.24. The highest BCUT2D eigenvalue weighted by Gasteiger charge is 2.23. The molecule has 0 aliphatic rings. The van der Waals surface area contributed by atoms with E-state index in [1.165, 1.54) is 0 Å². The predicted molar refractivity (Wildman–Crippen MR) is 75.1 cm³/mol. The number of nitriles is 1. The minimum atomic E-state index is -1.25. The van der Waals surface area contributed by atoms with E-state index >= 15 is 0 Å². The molecular formula is C13H16N4O4. The van der Waals surface area contributed by atoms with Crippen LogP contribution in [0.3, 0.4) is 0 Å². The van der Waals surface area contributed by atoms with E-state index in [1.54, 1.807) is 4.90 Å². The number of pyridine rings is 1. The topological polar surface area (TPSA) is 120 Å². The molecule has 1 aromatic rings. The second-order valence-electron chi connectivity index (χ2n) is 4.85. The summed E-state index contributed by atoms with van der Waals surface area (Å²) in [5.41, 5.74) is -0.528. The molecule has 1 N–H and O–H groups in total. The van der Waals surface area contributed by atoms with Gasteiger partial charge in [-0.25, -0.2) is 9.78 Å². The van der Waals surface area contributed by atoms with Gasteiger partial charge in [-0.3, -0.25) is 10.1 Å². The minimum absolute atomic E-state index is 0.0103. The molecule has 0 bridgehead atoms. The lowest BCUT2D eigenvalue weighted by Crippen LogP contribution is -2.30. The first kappa shape index (κ1) is 16.4. The quantitative estimate of drug-likeness (QED) is 0.603. The van der Waals surface area contributed by atoms with Crippen LogP contribution in [0.2, 0.25) is 0 Å². The van der Waals surface area contributed by atoms with Gasteiger partial charge in [0.15, 0.2) is 5.69 Å². The largest absolute Gasteiger partial charge is 0.477 e. The van der Waals surface area contributed by atoms with Crippen LogP contribution >= 0.6 is 0 Å². The van der Waals surface area contributed by atoms with Crippen LogP contribution in [0.15, 0.2) is 12.1 Å². The summed E-state index contributed by atoms with van der Waals surface area (Å²) >= 11 is 0. The number of nitro groups is 1. The molecule has 0 aliphatic carbocycles. The number of carbonyl (C=O) groups is 1. The summed E-state index contributed by atoms with van der Waals surface area (Å²) in [4.78, 5) is 26.9. The van der Waals surface area contributed by atoms with Crippen LogP contribution in [0.5, 0.6) is 0 Å². The zero-order valence-electron chi connectivity index (χ0n) is 11.8. The van der Waals surface area contributed by atoms with E-state index in [2.05, 4.69) is 4.98 Å². The average Bonchev–Trinajstić information content (AvgIpc) is 2.42. The van der Waals surface area contributed by atoms with E-state index < -0.39 is 10.9 Å². The molecule has 0 aliphatic heterocycles. The third-order valence-corrected chi connectivity index (χ3v) is 2.65. The standard InChI is InChI=1S/C13H16N4O4/c1-9(2)8-16(7-3-6-14)12-11(17(20)21)5-4-10(15-12)13(18)19/h4-5,9H,3,7-8H2,1-2H3,(H,18,19). The Balaban J connectivity index is 3.30. The van der Waals surface area contributed by atoms with Gasteiger partial charge in [0, 0.05) is 19.2 Å². The van der Waals surface area contributed by atoms with Crippen LogP contribution in [-0.2, 0) is 0 Å². The molecule has 8 heteroatoms. The van der Waals surface area contributed by atoms with Crippen molar-refractivity contribution in [3.63, 3.8) is 0 Å². The molecule has 0 saturated heterocycles. The zero-order chi connectivity index (χ0) is 16.0. The minimum Gasteiger partial charge on any atom is -0.477 e. The Morgan fingerprint density at radius 2 is 2.24 bits per heavy atom. The summed E-state index contributed by atoms with van der Waals surface area (Å²) in [6, 6.07) is 4.20. The van der Waals surface area contributed by atoms with Gasteiger partial charge < -0.3 is 10.0 Å². The third kappa shape index (κ3) is 4.42. The van der Waals surface area contributed by atoms with Crippen LogP contribution < -0.4 is 4.90 Å². The summed E-state index contributed by atoms with van der Waals surface area (Å²) in [5.74, 6) is -1.08. The van der Waals surface area contributed by atoms with Crippen molar-refractivity contribution in [1.82, 2.24) is 4.98 Å². The lowest BCUT2D eigenvalue weighted by molar-refractivity contribution is -0.384. The molecule has 0 fully saturated rings. The second-order valence-corrected chi connectivity index (χ2v) is 4.85. The number of hydrogen-bond donors (Lipinski definition) is 1. The van der Waals surface area contributed by atoms with E-state index in [0.29, 0.717) is 6.54 Å². The molecule has 112 valence electrons. The average molecular weight is 292 g/mol. The number of carboxylic acid groups (broad SMARTS) is 1. The van der Waals surface area contributed by atoms with Gasteiger partial charge in [-0.2, -0.15) is 5.26 Å². The predicted octanol–water partition coefficient (Wildman–Crippen LogP) is 2.06. The molecule has 0 saturated carbocycles. The Labute approximate surface area is 121 Å².